The normalized spacial score (nSPS) is 15.1. The molecule has 0 bridgehead atoms. The third kappa shape index (κ3) is 2.56. The van der Waals surface area contributed by atoms with Crippen molar-refractivity contribution in [2.24, 2.45) is 5.73 Å². The lowest BCUT2D eigenvalue weighted by atomic mass is 9.99. The smallest absolute Gasteiger partial charge is 0.264 e. The van der Waals surface area contributed by atoms with Gasteiger partial charge in [0.15, 0.2) is 5.65 Å². The van der Waals surface area contributed by atoms with Crippen LogP contribution in [0.15, 0.2) is 24.7 Å². The van der Waals surface area contributed by atoms with Crippen LogP contribution in [0.3, 0.4) is 0 Å². The maximum absolute atomic E-state index is 12.7. The molecule has 1 aliphatic rings. The van der Waals surface area contributed by atoms with Gasteiger partial charge in [-0.15, -0.1) is 11.3 Å². The van der Waals surface area contributed by atoms with Crippen molar-refractivity contribution in [1.29, 1.82) is 0 Å². The number of hydrogen-bond acceptors (Lipinski definition) is 5. The number of thiophene rings is 1. The Morgan fingerprint density at radius 3 is 2.86 bits per heavy atom. The molecule has 1 saturated heterocycles. The molecule has 3 N–H and O–H groups in total. The highest BCUT2D eigenvalue weighted by molar-refractivity contribution is 7.21. The van der Waals surface area contributed by atoms with E-state index in [1.165, 1.54) is 5.56 Å². The molecule has 1 fully saturated rings. The molecule has 0 aromatic carbocycles. The molecular formula is C20H22N6OS. The summed E-state index contributed by atoms with van der Waals surface area (Å²) in [5, 5.41) is 4.29. The number of fused-ring (bicyclic) bond motifs is 2. The van der Waals surface area contributed by atoms with Crippen molar-refractivity contribution in [3.8, 4) is 11.3 Å². The van der Waals surface area contributed by atoms with Crippen molar-refractivity contribution < 1.29 is 4.79 Å². The van der Waals surface area contributed by atoms with Gasteiger partial charge in [-0.1, -0.05) is 13.8 Å². The van der Waals surface area contributed by atoms with Gasteiger partial charge >= 0.3 is 0 Å². The van der Waals surface area contributed by atoms with Gasteiger partial charge in [0.25, 0.3) is 5.91 Å². The van der Waals surface area contributed by atoms with E-state index in [2.05, 4.69) is 35.0 Å². The SMILES string of the molecule is Cc1cc(-c2[nH]c3cc(C(=O)N4CC(N)C4)sc3c2C(C)C)cn2ncnc12. The predicted molar refractivity (Wildman–Crippen MR) is 111 cm³/mol. The maximum Gasteiger partial charge on any atom is 0.264 e. The largest absolute Gasteiger partial charge is 0.354 e. The van der Waals surface area contributed by atoms with E-state index in [1.54, 1.807) is 17.7 Å². The highest BCUT2D eigenvalue weighted by atomic mass is 32.1. The van der Waals surface area contributed by atoms with Crippen LogP contribution >= 0.6 is 11.3 Å². The standard InChI is InChI=1S/C20H22N6OS/c1-10(2)16-17(12-4-11(3)19-22-9-23-26(19)6-12)24-14-5-15(28-18(14)16)20(27)25-7-13(21)8-25/h4-6,9-10,13,24H,7-8,21H2,1-3H3. The molecule has 0 spiro atoms. The van der Waals surface area contributed by atoms with Gasteiger partial charge in [0.1, 0.15) is 6.33 Å². The van der Waals surface area contributed by atoms with Crippen LogP contribution in [0.1, 0.15) is 40.6 Å². The van der Waals surface area contributed by atoms with Crippen LogP contribution in [0.5, 0.6) is 0 Å². The molecule has 1 aliphatic heterocycles. The Balaban J connectivity index is 1.62. The van der Waals surface area contributed by atoms with E-state index in [4.69, 9.17) is 5.73 Å². The molecule has 28 heavy (non-hydrogen) atoms. The fourth-order valence-electron chi connectivity index (χ4n) is 3.95. The molecule has 5 heterocycles. The number of aromatic amines is 1. The highest BCUT2D eigenvalue weighted by Gasteiger charge is 2.30. The molecule has 5 rings (SSSR count). The fraction of sp³-hybridized carbons (Fsp3) is 0.350. The Hall–Kier alpha value is -2.71. The third-order valence-electron chi connectivity index (χ3n) is 5.34. The zero-order chi connectivity index (χ0) is 19.6. The zero-order valence-corrected chi connectivity index (χ0v) is 16.9. The summed E-state index contributed by atoms with van der Waals surface area (Å²) in [6, 6.07) is 4.22. The topological polar surface area (TPSA) is 92.3 Å². The number of aryl methyl sites for hydroxylation is 1. The number of nitrogens with zero attached hydrogens (tertiary/aromatic N) is 4. The Morgan fingerprint density at radius 2 is 2.14 bits per heavy atom. The second-order valence-electron chi connectivity index (χ2n) is 7.83. The van der Waals surface area contributed by atoms with Crippen molar-refractivity contribution in [3.05, 3.63) is 40.7 Å². The van der Waals surface area contributed by atoms with Gasteiger partial charge in [-0.3, -0.25) is 4.79 Å². The summed E-state index contributed by atoms with van der Waals surface area (Å²) < 4.78 is 2.96. The average Bonchev–Trinajstić information content (AvgIpc) is 3.31. The molecule has 4 aromatic rings. The first-order valence-corrected chi connectivity index (χ1v) is 10.2. The second kappa shape index (κ2) is 6.15. The number of pyridine rings is 1. The van der Waals surface area contributed by atoms with Gasteiger partial charge in [-0.05, 0) is 36.1 Å². The molecule has 0 unspecified atom stereocenters. The van der Waals surface area contributed by atoms with Crippen LogP contribution in [0.4, 0.5) is 0 Å². The van der Waals surface area contributed by atoms with Gasteiger partial charge < -0.3 is 15.6 Å². The summed E-state index contributed by atoms with van der Waals surface area (Å²) in [6.07, 6.45) is 3.58. The van der Waals surface area contributed by atoms with Crippen molar-refractivity contribution in [1.82, 2.24) is 24.5 Å². The Morgan fingerprint density at radius 1 is 1.36 bits per heavy atom. The first-order valence-electron chi connectivity index (χ1n) is 9.43. The van der Waals surface area contributed by atoms with Crippen molar-refractivity contribution in [2.75, 3.05) is 13.1 Å². The van der Waals surface area contributed by atoms with Gasteiger partial charge in [0.05, 0.1) is 20.8 Å². The van der Waals surface area contributed by atoms with Gasteiger partial charge in [-0.25, -0.2) is 9.50 Å². The van der Waals surface area contributed by atoms with Crippen molar-refractivity contribution in [2.45, 2.75) is 32.7 Å². The van der Waals surface area contributed by atoms with E-state index < -0.39 is 0 Å². The minimum absolute atomic E-state index is 0.0763. The summed E-state index contributed by atoms with van der Waals surface area (Å²) >= 11 is 1.57. The minimum Gasteiger partial charge on any atom is -0.354 e. The number of carbonyl (C=O) groups excluding carboxylic acids is 1. The number of nitrogens with two attached hydrogens (primary N) is 1. The van der Waals surface area contributed by atoms with Gasteiger partial charge in [-0.2, -0.15) is 5.10 Å². The van der Waals surface area contributed by atoms with Crippen LogP contribution in [-0.2, 0) is 0 Å². The van der Waals surface area contributed by atoms with Crippen molar-refractivity contribution in [3.63, 3.8) is 0 Å². The third-order valence-corrected chi connectivity index (χ3v) is 6.50. The minimum atomic E-state index is 0.0763. The van der Waals surface area contributed by atoms with Crippen LogP contribution in [0, 0.1) is 6.92 Å². The van der Waals surface area contributed by atoms with E-state index in [0.29, 0.717) is 19.0 Å². The monoisotopic (exact) mass is 394 g/mol. The van der Waals surface area contributed by atoms with Crippen LogP contribution in [0.25, 0.3) is 27.1 Å². The number of nitrogens with one attached hydrogen (secondary N) is 1. The van der Waals surface area contributed by atoms with Gasteiger partial charge in [0.2, 0.25) is 0 Å². The Bertz CT molecular complexity index is 1210. The summed E-state index contributed by atoms with van der Waals surface area (Å²) in [6.45, 7) is 7.70. The Kier molecular flexibility index (Phi) is 3.82. The highest BCUT2D eigenvalue weighted by Crippen LogP contribution is 2.40. The Labute approximate surface area is 166 Å². The molecule has 8 heteroatoms. The molecule has 7 nitrogen and oxygen atoms in total. The lowest BCUT2D eigenvalue weighted by Gasteiger charge is -2.36. The molecule has 0 radical (unpaired) electrons. The number of aromatic nitrogens is 4. The number of likely N-dealkylation sites (tertiary alicyclic amines) is 1. The molecule has 144 valence electrons. The first-order chi connectivity index (χ1) is 13.4. The summed E-state index contributed by atoms with van der Waals surface area (Å²) in [5.41, 5.74) is 12.2. The van der Waals surface area contributed by atoms with Crippen LogP contribution in [-0.4, -0.2) is 49.5 Å². The summed E-state index contributed by atoms with van der Waals surface area (Å²) in [5.74, 6) is 0.391. The van der Waals surface area contributed by atoms with Crippen molar-refractivity contribution >= 4 is 33.1 Å². The summed E-state index contributed by atoms with van der Waals surface area (Å²) in [4.78, 5) is 23.1. The summed E-state index contributed by atoms with van der Waals surface area (Å²) in [7, 11) is 0. The first kappa shape index (κ1) is 17.4. The zero-order valence-electron chi connectivity index (χ0n) is 16.1. The number of hydrogen-bond donors (Lipinski definition) is 2. The van der Waals surface area contributed by atoms with E-state index in [-0.39, 0.29) is 11.9 Å². The molecular weight excluding hydrogens is 372 g/mol. The lowest BCUT2D eigenvalue weighted by molar-refractivity contribution is 0.0613. The van der Waals surface area contributed by atoms with E-state index in [1.807, 2.05) is 28.6 Å². The fourth-order valence-corrected chi connectivity index (χ4v) is 5.23. The van der Waals surface area contributed by atoms with E-state index >= 15 is 0 Å². The number of amides is 1. The van der Waals surface area contributed by atoms with E-state index in [9.17, 15) is 4.79 Å². The quantitative estimate of drug-likeness (QED) is 0.558. The second-order valence-corrected chi connectivity index (χ2v) is 8.88. The molecule has 1 amide bonds. The molecule has 0 aliphatic carbocycles. The lowest BCUT2D eigenvalue weighted by Crippen LogP contribution is -2.57. The molecule has 4 aromatic heterocycles. The molecule has 0 atom stereocenters. The maximum atomic E-state index is 12.7. The van der Waals surface area contributed by atoms with E-state index in [0.717, 1.165) is 37.6 Å². The predicted octanol–water partition coefficient (Wildman–Crippen LogP) is 3.15. The van der Waals surface area contributed by atoms with Crippen LogP contribution in [0.2, 0.25) is 0 Å². The number of carbonyl (C=O) groups is 1. The number of rotatable bonds is 3. The number of H-pyrrole nitrogens is 1. The molecule has 0 saturated carbocycles. The van der Waals surface area contributed by atoms with Crippen LogP contribution < -0.4 is 5.73 Å². The average molecular weight is 395 g/mol. The van der Waals surface area contributed by atoms with Gasteiger partial charge in [0, 0.05) is 30.9 Å².